The minimum atomic E-state index is -1.05. The normalized spacial score (nSPS) is 11.6. The van der Waals surface area contributed by atoms with Gasteiger partial charge in [-0.2, -0.15) is 11.8 Å². The molecule has 0 aliphatic rings. The molecule has 1 aromatic carbocycles. The number of carbonyl (C=O) groups is 3. The monoisotopic (exact) mass is 353 g/mol. The zero-order valence-corrected chi connectivity index (χ0v) is 14.7. The lowest BCUT2D eigenvalue weighted by Gasteiger charge is -2.14. The van der Waals surface area contributed by atoms with E-state index in [-0.39, 0.29) is 18.6 Å². The van der Waals surface area contributed by atoms with Crippen molar-refractivity contribution in [2.24, 2.45) is 0 Å². The van der Waals surface area contributed by atoms with Crippen molar-refractivity contribution in [3.8, 4) is 5.75 Å². The highest BCUT2D eigenvalue weighted by Crippen LogP contribution is 2.13. The first-order chi connectivity index (χ1) is 11.5. The van der Waals surface area contributed by atoms with E-state index >= 15 is 0 Å². The van der Waals surface area contributed by atoms with Gasteiger partial charge in [-0.3, -0.25) is 9.59 Å². The third-order valence-electron chi connectivity index (χ3n) is 3.38. The highest BCUT2D eigenvalue weighted by Gasteiger charge is 2.20. The minimum Gasteiger partial charge on any atom is -0.497 e. The lowest BCUT2D eigenvalue weighted by molar-refractivity contribution is -0.141. The first-order valence-electron chi connectivity index (χ1n) is 7.75. The van der Waals surface area contributed by atoms with Crippen LogP contribution >= 0.6 is 11.8 Å². The van der Waals surface area contributed by atoms with Crippen LogP contribution in [0.2, 0.25) is 0 Å². The molecule has 6 nitrogen and oxygen atoms in total. The number of ketones is 1. The fraction of sp³-hybridized carbons (Fsp3) is 0.471. The van der Waals surface area contributed by atoms with E-state index < -0.39 is 17.9 Å². The van der Waals surface area contributed by atoms with Gasteiger partial charge < -0.3 is 15.2 Å². The number of benzene rings is 1. The summed E-state index contributed by atoms with van der Waals surface area (Å²) in [6.45, 7) is 1.99. The number of aliphatic carboxylic acids is 1. The van der Waals surface area contributed by atoms with Crippen LogP contribution in [0.4, 0.5) is 0 Å². The average molecular weight is 353 g/mol. The molecular formula is C17H23NO5S. The molecule has 0 bridgehead atoms. The average Bonchev–Trinajstić information content (AvgIpc) is 2.58. The Morgan fingerprint density at radius 1 is 1.21 bits per heavy atom. The predicted octanol–water partition coefficient (Wildman–Crippen LogP) is 2.37. The van der Waals surface area contributed by atoms with E-state index in [1.165, 1.54) is 0 Å². The summed E-state index contributed by atoms with van der Waals surface area (Å²) in [5.74, 6) is 0.571. The largest absolute Gasteiger partial charge is 0.497 e. The number of hydrogen-bond donors (Lipinski definition) is 2. The first kappa shape index (κ1) is 20.0. The molecule has 0 heterocycles. The fourth-order valence-electron chi connectivity index (χ4n) is 2.02. The molecule has 0 saturated carbocycles. The summed E-state index contributed by atoms with van der Waals surface area (Å²) in [7, 11) is 1.54. The van der Waals surface area contributed by atoms with E-state index in [4.69, 9.17) is 9.84 Å². The maximum Gasteiger partial charge on any atom is 0.326 e. The van der Waals surface area contributed by atoms with Gasteiger partial charge in [0.15, 0.2) is 5.78 Å². The lowest BCUT2D eigenvalue weighted by atomic mass is 10.1. The quantitative estimate of drug-likeness (QED) is 0.469. The van der Waals surface area contributed by atoms with Gasteiger partial charge in [-0.05, 0) is 42.2 Å². The Morgan fingerprint density at radius 2 is 1.88 bits per heavy atom. The second kappa shape index (κ2) is 10.7. The predicted molar refractivity (Wildman–Crippen MR) is 93.7 cm³/mol. The van der Waals surface area contributed by atoms with Gasteiger partial charge in [0.25, 0.3) is 0 Å². The van der Waals surface area contributed by atoms with Crippen LogP contribution in [0.25, 0.3) is 0 Å². The Bertz CT molecular complexity index is 559. The van der Waals surface area contributed by atoms with Crippen molar-refractivity contribution in [2.45, 2.75) is 32.2 Å². The SMILES string of the molecule is CCSCCC(NC(=O)CCC(=O)c1ccc(OC)cc1)C(=O)O. The van der Waals surface area contributed by atoms with Crippen LogP contribution in [0.1, 0.15) is 36.5 Å². The number of ether oxygens (including phenoxy) is 1. The van der Waals surface area contributed by atoms with Crippen LogP contribution in [0, 0.1) is 0 Å². The summed E-state index contributed by atoms with van der Waals surface area (Å²) in [6.07, 6.45) is 0.371. The molecule has 0 aliphatic heterocycles. The Balaban J connectivity index is 2.45. The van der Waals surface area contributed by atoms with Crippen LogP contribution in [0.5, 0.6) is 5.75 Å². The van der Waals surface area contributed by atoms with Crippen LogP contribution in [-0.2, 0) is 9.59 Å². The summed E-state index contributed by atoms with van der Waals surface area (Å²) < 4.78 is 5.02. The molecule has 0 spiro atoms. The first-order valence-corrected chi connectivity index (χ1v) is 8.90. The zero-order chi connectivity index (χ0) is 17.9. The molecule has 1 unspecified atom stereocenters. The molecule has 7 heteroatoms. The molecule has 0 radical (unpaired) electrons. The number of Topliss-reactive ketones (excluding diaryl/α,β-unsaturated/α-hetero) is 1. The molecule has 1 atom stereocenters. The van der Waals surface area contributed by atoms with Gasteiger partial charge in [0, 0.05) is 18.4 Å². The topological polar surface area (TPSA) is 92.7 Å². The molecule has 132 valence electrons. The summed E-state index contributed by atoms with van der Waals surface area (Å²) in [6, 6.07) is 5.73. The summed E-state index contributed by atoms with van der Waals surface area (Å²) in [5, 5.41) is 11.6. The Morgan fingerprint density at radius 3 is 2.42 bits per heavy atom. The van der Waals surface area contributed by atoms with Gasteiger partial charge in [0.05, 0.1) is 7.11 Å². The van der Waals surface area contributed by atoms with Gasteiger partial charge in [-0.25, -0.2) is 4.79 Å². The van der Waals surface area contributed by atoms with Crippen molar-refractivity contribution in [3.63, 3.8) is 0 Å². The molecular weight excluding hydrogens is 330 g/mol. The third kappa shape index (κ3) is 7.04. The Labute approximate surface area is 146 Å². The summed E-state index contributed by atoms with van der Waals surface area (Å²) in [5.41, 5.74) is 0.498. The van der Waals surface area contributed by atoms with Crippen molar-refractivity contribution in [3.05, 3.63) is 29.8 Å². The van der Waals surface area contributed by atoms with Crippen molar-refractivity contribution in [1.82, 2.24) is 5.32 Å². The number of rotatable bonds is 11. The molecule has 1 amide bonds. The van der Waals surface area contributed by atoms with Crippen molar-refractivity contribution in [1.29, 1.82) is 0 Å². The van der Waals surface area contributed by atoms with Gasteiger partial charge in [0.2, 0.25) is 5.91 Å². The number of methoxy groups -OCH3 is 1. The number of carbonyl (C=O) groups excluding carboxylic acids is 2. The third-order valence-corrected chi connectivity index (χ3v) is 4.31. The molecule has 0 saturated heterocycles. The van der Waals surface area contributed by atoms with Crippen molar-refractivity contribution < 1.29 is 24.2 Å². The van der Waals surface area contributed by atoms with Gasteiger partial charge >= 0.3 is 5.97 Å². The van der Waals surface area contributed by atoms with E-state index in [0.717, 1.165) is 5.75 Å². The number of nitrogens with one attached hydrogen (secondary N) is 1. The maximum absolute atomic E-state index is 12.0. The smallest absolute Gasteiger partial charge is 0.326 e. The molecule has 0 aliphatic carbocycles. The molecule has 1 aromatic rings. The lowest BCUT2D eigenvalue weighted by Crippen LogP contribution is -2.41. The van der Waals surface area contributed by atoms with E-state index in [2.05, 4.69) is 5.32 Å². The maximum atomic E-state index is 12.0. The van der Waals surface area contributed by atoms with E-state index in [9.17, 15) is 14.4 Å². The van der Waals surface area contributed by atoms with Crippen molar-refractivity contribution in [2.75, 3.05) is 18.6 Å². The Hall–Kier alpha value is -2.02. The number of hydrogen-bond acceptors (Lipinski definition) is 5. The highest BCUT2D eigenvalue weighted by atomic mass is 32.2. The van der Waals surface area contributed by atoms with E-state index in [0.29, 0.717) is 23.5 Å². The summed E-state index contributed by atoms with van der Waals surface area (Å²) >= 11 is 1.62. The second-order valence-corrected chi connectivity index (χ2v) is 6.49. The van der Waals surface area contributed by atoms with Crippen LogP contribution in [-0.4, -0.2) is 47.4 Å². The van der Waals surface area contributed by atoms with E-state index in [1.54, 1.807) is 43.1 Å². The van der Waals surface area contributed by atoms with Gasteiger partial charge in [-0.1, -0.05) is 6.92 Å². The van der Waals surface area contributed by atoms with Crippen LogP contribution in [0.15, 0.2) is 24.3 Å². The number of amides is 1. The zero-order valence-electron chi connectivity index (χ0n) is 13.9. The molecule has 0 fully saturated rings. The number of carboxylic acid groups (broad SMARTS) is 1. The standard InChI is InChI=1S/C17H23NO5S/c1-3-24-11-10-14(17(21)22)18-16(20)9-8-15(19)12-4-6-13(23-2)7-5-12/h4-7,14H,3,8-11H2,1-2H3,(H,18,20)(H,21,22). The summed E-state index contributed by atoms with van der Waals surface area (Å²) in [4.78, 5) is 35.1. The number of carboxylic acids is 1. The minimum absolute atomic E-state index is 0.0322. The Kier molecular flexibility index (Phi) is 8.93. The number of thioether (sulfide) groups is 1. The molecule has 1 rings (SSSR count). The second-order valence-electron chi connectivity index (χ2n) is 5.10. The fourth-order valence-corrected chi connectivity index (χ4v) is 2.71. The van der Waals surface area contributed by atoms with Crippen LogP contribution < -0.4 is 10.1 Å². The molecule has 2 N–H and O–H groups in total. The molecule has 0 aromatic heterocycles. The van der Waals surface area contributed by atoms with Gasteiger partial charge in [-0.15, -0.1) is 0 Å². The van der Waals surface area contributed by atoms with Crippen molar-refractivity contribution >= 4 is 29.4 Å². The van der Waals surface area contributed by atoms with E-state index in [1.807, 2.05) is 6.92 Å². The van der Waals surface area contributed by atoms with Crippen LogP contribution in [0.3, 0.4) is 0 Å². The highest BCUT2D eigenvalue weighted by molar-refractivity contribution is 7.99. The molecule has 24 heavy (non-hydrogen) atoms. The van der Waals surface area contributed by atoms with Gasteiger partial charge in [0.1, 0.15) is 11.8 Å².